The Morgan fingerprint density at radius 3 is 2.59 bits per heavy atom. The molecule has 0 aliphatic rings. The van der Waals surface area contributed by atoms with Crippen LogP contribution in [0, 0.1) is 0 Å². The summed E-state index contributed by atoms with van der Waals surface area (Å²) in [6.07, 6.45) is 1.78. The van der Waals surface area contributed by atoms with E-state index in [-0.39, 0.29) is 35.1 Å². The Labute approximate surface area is 149 Å². The van der Waals surface area contributed by atoms with Gasteiger partial charge >= 0.3 is 29.6 Å². The van der Waals surface area contributed by atoms with Crippen LogP contribution in [0.25, 0.3) is 11.0 Å². The number of nitrogens with zero attached hydrogens (tertiary/aromatic N) is 2. The maximum atomic E-state index is 10.6. The summed E-state index contributed by atoms with van der Waals surface area (Å²) in [6, 6.07) is 14.1. The number of carboxylic acids is 1. The van der Waals surface area contributed by atoms with E-state index in [1.807, 2.05) is 28.8 Å². The molecule has 0 aliphatic heterocycles. The number of hydrogen-bond donors (Lipinski definition) is 0. The smallest absolute Gasteiger partial charge is 0.545 e. The van der Waals surface area contributed by atoms with Gasteiger partial charge in [0.2, 0.25) is 0 Å². The van der Waals surface area contributed by atoms with Crippen molar-refractivity contribution in [3.8, 4) is 5.75 Å². The quantitative estimate of drug-likeness (QED) is 0.537. The van der Waals surface area contributed by atoms with Gasteiger partial charge in [-0.05, 0) is 42.0 Å². The molecular formula is C16H13N2NaO3. The largest absolute Gasteiger partial charge is 1.00 e. The predicted octanol–water partition coefficient (Wildman–Crippen LogP) is -1.52. The molecule has 0 atom stereocenters. The minimum atomic E-state index is -1.19. The first-order chi connectivity index (χ1) is 10.2. The second kappa shape index (κ2) is 7.45. The molecule has 3 rings (SSSR count). The van der Waals surface area contributed by atoms with Crippen LogP contribution in [0.2, 0.25) is 0 Å². The first-order valence-corrected chi connectivity index (χ1v) is 6.58. The summed E-state index contributed by atoms with van der Waals surface area (Å²) < 4.78 is 7.62. The molecule has 0 aliphatic carbocycles. The van der Waals surface area contributed by atoms with Gasteiger partial charge in [-0.25, -0.2) is 4.98 Å². The van der Waals surface area contributed by atoms with Crippen LogP contribution in [0.3, 0.4) is 0 Å². The number of aromatic carboxylic acids is 1. The van der Waals surface area contributed by atoms with E-state index in [2.05, 4.69) is 4.98 Å². The molecule has 1 aromatic heterocycles. The minimum Gasteiger partial charge on any atom is -0.545 e. The zero-order valence-corrected chi connectivity index (χ0v) is 14.2. The van der Waals surface area contributed by atoms with Gasteiger partial charge in [-0.3, -0.25) is 0 Å². The standard InChI is InChI=1S/C16H14N2O3.Na/c19-16(20)12-5-7-13(8-6-12)21-10-9-18-11-17-14-3-1-2-4-15(14)18;/h1-8,11H,9-10H2,(H,19,20);/q;+1/p-1. The Balaban J connectivity index is 0.00000176. The third-order valence-corrected chi connectivity index (χ3v) is 3.22. The summed E-state index contributed by atoms with van der Waals surface area (Å²) in [5, 5.41) is 10.6. The molecule has 0 fully saturated rings. The van der Waals surface area contributed by atoms with Gasteiger partial charge in [-0.2, -0.15) is 0 Å². The fraction of sp³-hybridized carbons (Fsp3) is 0.125. The molecular weight excluding hydrogens is 291 g/mol. The van der Waals surface area contributed by atoms with Gasteiger partial charge in [0.1, 0.15) is 12.4 Å². The van der Waals surface area contributed by atoms with Crippen LogP contribution in [0.1, 0.15) is 10.4 Å². The molecule has 0 saturated heterocycles. The molecule has 6 heteroatoms. The van der Waals surface area contributed by atoms with Crippen molar-refractivity contribution < 1.29 is 44.2 Å². The Kier molecular flexibility index (Phi) is 5.60. The number of hydrogen-bond acceptors (Lipinski definition) is 4. The molecule has 0 amide bonds. The van der Waals surface area contributed by atoms with Gasteiger partial charge in [-0.15, -0.1) is 0 Å². The molecule has 22 heavy (non-hydrogen) atoms. The number of benzene rings is 2. The molecule has 0 unspecified atom stereocenters. The fourth-order valence-corrected chi connectivity index (χ4v) is 2.14. The zero-order valence-electron chi connectivity index (χ0n) is 12.2. The van der Waals surface area contributed by atoms with E-state index in [0.29, 0.717) is 18.9 Å². The Morgan fingerprint density at radius 2 is 1.86 bits per heavy atom. The second-order valence-electron chi connectivity index (χ2n) is 4.59. The van der Waals surface area contributed by atoms with Crippen molar-refractivity contribution in [3.05, 3.63) is 60.4 Å². The maximum Gasteiger partial charge on any atom is 1.00 e. The molecule has 0 radical (unpaired) electrons. The number of fused-ring (bicyclic) bond motifs is 1. The number of carbonyl (C=O) groups is 1. The van der Waals surface area contributed by atoms with E-state index >= 15 is 0 Å². The van der Waals surface area contributed by atoms with Gasteiger partial charge in [0.05, 0.1) is 29.9 Å². The van der Waals surface area contributed by atoms with Crippen LogP contribution in [0.4, 0.5) is 0 Å². The Morgan fingerprint density at radius 1 is 1.14 bits per heavy atom. The van der Waals surface area contributed by atoms with Crippen molar-refractivity contribution >= 4 is 17.0 Å². The van der Waals surface area contributed by atoms with Gasteiger partial charge < -0.3 is 19.2 Å². The van der Waals surface area contributed by atoms with Crippen LogP contribution in [0.5, 0.6) is 5.75 Å². The summed E-state index contributed by atoms with van der Waals surface area (Å²) >= 11 is 0. The number of imidazole rings is 1. The van der Waals surface area contributed by atoms with Crippen LogP contribution in [0.15, 0.2) is 54.9 Å². The summed E-state index contributed by atoms with van der Waals surface area (Å²) in [7, 11) is 0. The van der Waals surface area contributed by atoms with Crippen LogP contribution in [-0.4, -0.2) is 22.1 Å². The normalized spacial score (nSPS) is 10.2. The van der Waals surface area contributed by atoms with E-state index in [9.17, 15) is 9.90 Å². The molecule has 5 nitrogen and oxygen atoms in total. The van der Waals surface area contributed by atoms with E-state index in [0.717, 1.165) is 11.0 Å². The van der Waals surface area contributed by atoms with Gasteiger partial charge in [-0.1, -0.05) is 12.1 Å². The van der Waals surface area contributed by atoms with Crippen molar-refractivity contribution in [3.63, 3.8) is 0 Å². The summed E-state index contributed by atoms with van der Waals surface area (Å²) in [5.41, 5.74) is 2.16. The monoisotopic (exact) mass is 304 g/mol. The van der Waals surface area contributed by atoms with Crippen molar-refractivity contribution in [1.82, 2.24) is 9.55 Å². The number of ether oxygens (including phenoxy) is 1. The molecule has 3 aromatic rings. The first-order valence-electron chi connectivity index (χ1n) is 6.58. The van der Waals surface area contributed by atoms with Crippen LogP contribution >= 0.6 is 0 Å². The summed E-state index contributed by atoms with van der Waals surface area (Å²) in [4.78, 5) is 15.0. The maximum absolute atomic E-state index is 10.6. The van der Waals surface area contributed by atoms with E-state index < -0.39 is 5.97 Å². The Hall–Kier alpha value is -1.82. The number of para-hydroxylation sites is 2. The molecule has 2 aromatic carbocycles. The van der Waals surface area contributed by atoms with Gasteiger partial charge in [0.25, 0.3) is 0 Å². The third kappa shape index (κ3) is 3.68. The van der Waals surface area contributed by atoms with Gasteiger partial charge in [0, 0.05) is 0 Å². The third-order valence-electron chi connectivity index (χ3n) is 3.22. The van der Waals surface area contributed by atoms with Crippen molar-refractivity contribution in [2.75, 3.05) is 6.61 Å². The fourth-order valence-electron chi connectivity index (χ4n) is 2.14. The molecule has 0 bridgehead atoms. The molecule has 0 spiro atoms. The van der Waals surface area contributed by atoms with Crippen LogP contribution < -0.4 is 39.4 Å². The van der Waals surface area contributed by atoms with Crippen LogP contribution in [-0.2, 0) is 6.54 Å². The number of carboxylic acid groups (broad SMARTS) is 1. The summed E-state index contributed by atoms with van der Waals surface area (Å²) in [5.74, 6) is -0.559. The van der Waals surface area contributed by atoms with Crippen molar-refractivity contribution in [1.29, 1.82) is 0 Å². The van der Waals surface area contributed by atoms with Gasteiger partial charge in [0.15, 0.2) is 0 Å². The average molecular weight is 304 g/mol. The minimum absolute atomic E-state index is 0. The zero-order chi connectivity index (χ0) is 14.7. The average Bonchev–Trinajstić information content (AvgIpc) is 2.91. The molecule has 0 N–H and O–H groups in total. The Bertz CT molecular complexity index is 768. The molecule has 0 saturated carbocycles. The van der Waals surface area contributed by atoms with E-state index in [1.165, 1.54) is 12.1 Å². The number of carbonyl (C=O) groups excluding carboxylic acids is 1. The summed E-state index contributed by atoms with van der Waals surface area (Å²) in [6.45, 7) is 1.15. The van der Waals surface area contributed by atoms with E-state index in [1.54, 1.807) is 18.5 Å². The number of aromatic nitrogens is 2. The topological polar surface area (TPSA) is 67.2 Å². The first kappa shape index (κ1) is 16.5. The second-order valence-corrected chi connectivity index (χ2v) is 4.59. The van der Waals surface area contributed by atoms with E-state index in [4.69, 9.17) is 4.74 Å². The molecule has 106 valence electrons. The molecule has 1 heterocycles. The predicted molar refractivity (Wildman–Crippen MR) is 76.0 cm³/mol. The number of rotatable bonds is 5. The van der Waals surface area contributed by atoms with Crippen molar-refractivity contribution in [2.24, 2.45) is 0 Å². The van der Waals surface area contributed by atoms with Crippen molar-refractivity contribution in [2.45, 2.75) is 6.54 Å². The SMILES string of the molecule is O=C([O-])c1ccc(OCCn2cnc3ccccc32)cc1.[Na+].